The van der Waals surface area contributed by atoms with Crippen LogP contribution in [0.5, 0.6) is 0 Å². The zero-order valence-electron chi connectivity index (χ0n) is 12.4. The molecule has 1 aliphatic rings. The van der Waals surface area contributed by atoms with Crippen molar-refractivity contribution in [1.29, 1.82) is 0 Å². The van der Waals surface area contributed by atoms with Crippen LogP contribution < -0.4 is 10.2 Å². The molecule has 0 atom stereocenters. The van der Waals surface area contributed by atoms with Gasteiger partial charge in [0, 0.05) is 19.6 Å². The topological polar surface area (TPSA) is 15.3 Å². The van der Waals surface area contributed by atoms with Crippen molar-refractivity contribution in [3.63, 3.8) is 0 Å². The Balaban J connectivity index is 1.79. The third-order valence-corrected chi connectivity index (χ3v) is 4.15. The SMILES string of the molecule is CNCc1ccc(N2CCc3ccccc3CC2)c(F)c1. The molecule has 0 saturated carbocycles. The number of hydrogen-bond acceptors (Lipinski definition) is 2. The molecule has 0 unspecified atom stereocenters. The van der Waals surface area contributed by atoms with Gasteiger partial charge in [0.1, 0.15) is 5.82 Å². The van der Waals surface area contributed by atoms with Crippen molar-refractivity contribution in [2.75, 3.05) is 25.0 Å². The standard InChI is InChI=1S/C18H21FN2/c1-20-13-14-6-7-18(17(19)12-14)21-10-8-15-4-2-3-5-16(15)9-11-21/h2-7,12,20H,8-11,13H2,1H3. The summed E-state index contributed by atoms with van der Waals surface area (Å²) < 4.78 is 14.4. The lowest BCUT2D eigenvalue weighted by molar-refractivity contribution is 0.613. The first-order chi connectivity index (χ1) is 10.3. The molecule has 21 heavy (non-hydrogen) atoms. The van der Waals surface area contributed by atoms with Gasteiger partial charge < -0.3 is 10.2 Å². The first-order valence-electron chi connectivity index (χ1n) is 7.52. The minimum absolute atomic E-state index is 0.117. The van der Waals surface area contributed by atoms with Gasteiger partial charge in [0.05, 0.1) is 5.69 Å². The van der Waals surface area contributed by atoms with E-state index in [1.807, 2.05) is 19.2 Å². The predicted octanol–water partition coefficient (Wildman–Crippen LogP) is 3.15. The van der Waals surface area contributed by atoms with Gasteiger partial charge in [-0.25, -0.2) is 4.39 Å². The Morgan fingerprint density at radius 1 is 1.05 bits per heavy atom. The summed E-state index contributed by atoms with van der Waals surface area (Å²) in [5.41, 5.74) is 4.50. The second-order valence-electron chi connectivity index (χ2n) is 5.57. The molecule has 2 aromatic carbocycles. The number of nitrogens with zero attached hydrogens (tertiary/aromatic N) is 1. The second-order valence-corrected chi connectivity index (χ2v) is 5.57. The molecule has 1 aliphatic heterocycles. The van der Waals surface area contributed by atoms with Crippen LogP contribution in [0.3, 0.4) is 0 Å². The van der Waals surface area contributed by atoms with E-state index in [0.29, 0.717) is 6.54 Å². The highest BCUT2D eigenvalue weighted by molar-refractivity contribution is 5.50. The van der Waals surface area contributed by atoms with Crippen LogP contribution >= 0.6 is 0 Å². The lowest BCUT2D eigenvalue weighted by Crippen LogP contribution is -2.27. The molecular weight excluding hydrogens is 263 g/mol. The zero-order chi connectivity index (χ0) is 14.7. The van der Waals surface area contributed by atoms with Crippen molar-refractivity contribution < 1.29 is 4.39 Å². The monoisotopic (exact) mass is 284 g/mol. The fourth-order valence-corrected chi connectivity index (χ4v) is 3.03. The van der Waals surface area contributed by atoms with E-state index in [1.54, 1.807) is 6.07 Å². The van der Waals surface area contributed by atoms with Crippen molar-refractivity contribution in [3.8, 4) is 0 Å². The fourth-order valence-electron chi connectivity index (χ4n) is 3.03. The van der Waals surface area contributed by atoms with E-state index in [4.69, 9.17) is 0 Å². The summed E-state index contributed by atoms with van der Waals surface area (Å²) in [5.74, 6) is -0.117. The molecular formula is C18H21FN2. The molecule has 0 bridgehead atoms. The van der Waals surface area contributed by atoms with E-state index in [-0.39, 0.29) is 5.82 Å². The molecule has 0 radical (unpaired) electrons. The number of halogens is 1. The van der Waals surface area contributed by atoms with E-state index in [2.05, 4.69) is 34.5 Å². The minimum atomic E-state index is -0.117. The van der Waals surface area contributed by atoms with Crippen LogP contribution in [-0.2, 0) is 19.4 Å². The molecule has 1 heterocycles. The summed E-state index contributed by atoms with van der Waals surface area (Å²) in [6.45, 7) is 2.45. The number of hydrogen-bond donors (Lipinski definition) is 1. The van der Waals surface area contributed by atoms with Crippen molar-refractivity contribution >= 4 is 5.69 Å². The van der Waals surface area contributed by atoms with Gasteiger partial charge in [-0.05, 0) is 48.7 Å². The van der Waals surface area contributed by atoms with Gasteiger partial charge in [0.2, 0.25) is 0 Å². The molecule has 0 saturated heterocycles. The van der Waals surface area contributed by atoms with Crippen LogP contribution in [0.15, 0.2) is 42.5 Å². The van der Waals surface area contributed by atoms with Crippen LogP contribution in [0.2, 0.25) is 0 Å². The highest BCUT2D eigenvalue weighted by Crippen LogP contribution is 2.24. The zero-order valence-corrected chi connectivity index (χ0v) is 12.4. The average Bonchev–Trinajstić information content (AvgIpc) is 2.71. The molecule has 110 valence electrons. The molecule has 0 amide bonds. The summed E-state index contributed by atoms with van der Waals surface area (Å²) in [6.07, 6.45) is 1.96. The highest BCUT2D eigenvalue weighted by atomic mass is 19.1. The van der Waals surface area contributed by atoms with E-state index in [0.717, 1.165) is 37.2 Å². The fraction of sp³-hybridized carbons (Fsp3) is 0.333. The van der Waals surface area contributed by atoms with E-state index < -0.39 is 0 Å². The summed E-state index contributed by atoms with van der Waals surface area (Å²) in [6, 6.07) is 14.1. The normalized spacial score (nSPS) is 14.7. The Hall–Kier alpha value is -1.87. The van der Waals surface area contributed by atoms with Gasteiger partial charge >= 0.3 is 0 Å². The third kappa shape index (κ3) is 3.08. The van der Waals surface area contributed by atoms with Crippen molar-refractivity contribution in [2.24, 2.45) is 0 Å². The number of benzene rings is 2. The quantitative estimate of drug-likeness (QED) is 0.931. The first kappa shape index (κ1) is 14.1. The lowest BCUT2D eigenvalue weighted by Gasteiger charge is -2.23. The summed E-state index contributed by atoms with van der Waals surface area (Å²) >= 11 is 0. The third-order valence-electron chi connectivity index (χ3n) is 4.15. The van der Waals surface area contributed by atoms with Gasteiger partial charge in [-0.3, -0.25) is 0 Å². The van der Waals surface area contributed by atoms with Gasteiger partial charge in [0.15, 0.2) is 0 Å². The first-order valence-corrected chi connectivity index (χ1v) is 7.52. The number of anilines is 1. The van der Waals surface area contributed by atoms with Crippen molar-refractivity contribution in [1.82, 2.24) is 5.32 Å². The van der Waals surface area contributed by atoms with Gasteiger partial charge in [-0.1, -0.05) is 30.3 Å². The van der Waals surface area contributed by atoms with Crippen LogP contribution in [-0.4, -0.2) is 20.1 Å². The molecule has 0 aromatic heterocycles. The maximum Gasteiger partial charge on any atom is 0.146 e. The summed E-state index contributed by atoms with van der Waals surface area (Å²) in [5, 5.41) is 3.05. The smallest absolute Gasteiger partial charge is 0.146 e. The average molecular weight is 284 g/mol. The van der Waals surface area contributed by atoms with Gasteiger partial charge in [-0.15, -0.1) is 0 Å². The predicted molar refractivity (Wildman–Crippen MR) is 85.2 cm³/mol. The summed E-state index contributed by atoms with van der Waals surface area (Å²) in [4.78, 5) is 2.17. The van der Waals surface area contributed by atoms with Crippen LogP contribution in [0.1, 0.15) is 16.7 Å². The molecule has 3 heteroatoms. The van der Waals surface area contributed by atoms with E-state index >= 15 is 0 Å². The molecule has 0 spiro atoms. The number of nitrogens with one attached hydrogen (secondary N) is 1. The minimum Gasteiger partial charge on any atom is -0.369 e. The largest absolute Gasteiger partial charge is 0.369 e. The van der Waals surface area contributed by atoms with Gasteiger partial charge in [-0.2, -0.15) is 0 Å². The Morgan fingerprint density at radius 2 is 1.71 bits per heavy atom. The molecule has 2 nitrogen and oxygen atoms in total. The number of rotatable bonds is 3. The maximum atomic E-state index is 14.4. The van der Waals surface area contributed by atoms with Gasteiger partial charge in [0.25, 0.3) is 0 Å². The molecule has 3 rings (SSSR count). The Kier molecular flexibility index (Phi) is 4.20. The lowest BCUT2D eigenvalue weighted by atomic mass is 10.0. The molecule has 0 fully saturated rings. The maximum absolute atomic E-state index is 14.4. The van der Waals surface area contributed by atoms with Crippen molar-refractivity contribution in [2.45, 2.75) is 19.4 Å². The molecule has 1 N–H and O–H groups in total. The van der Waals surface area contributed by atoms with Crippen molar-refractivity contribution in [3.05, 3.63) is 65.0 Å². The Bertz CT molecular complexity index is 597. The Labute approximate surface area is 125 Å². The highest BCUT2D eigenvalue weighted by Gasteiger charge is 2.16. The number of fused-ring (bicyclic) bond motifs is 1. The van der Waals surface area contributed by atoms with E-state index in [9.17, 15) is 4.39 Å². The van der Waals surface area contributed by atoms with Crippen LogP contribution in [0, 0.1) is 5.82 Å². The van der Waals surface area contributed by atoms with Crippen LogP contribution in [0.4, 0.5) is 10.1 Å². The van der Waals surface area contributed by atoms with Crippen LogP contribution in [0.25, 0.3) is 0 Å². The Morgan fingerprint density at radius 3 is 2.29 bits per heavy atom. The second kappa shape index (κ2) is 6.27. The summed E-state index contributed by atoms with van der Waals surface area (Å²) in [7, 11) is 1.87. The molecule has 2 aromatic rings. The van der Waals surface area contributed by atoms with E-state index in [1.165, 1.54) is 11.1 Å². The molecule has 0 aliphatic carbocycles.